The van der Waals surface area contributed by atoms with Crippen molar-refractivity contribution in [3.05, 3.63) is 35.6 Å². The zero-order chi connectivity index (χ0) is 10.6. The molecule has 0 amide bonds. The SMILES string of the molecule is C=C(N)C=C1/C(=C\C)CCCCC1O. The van der Waals surface area contributed by atoms with Crippen LogP contribution in [0.3, 0.4) is 0 Å². The Bertz CT molecular complexity index is 276. The van der Waals surface area contributed by atoms with Gasteiger partial charge < -0.3 is 10.8 Å². The highest BCUT2D eigenvalue weighted by atomic mass is 16.3. The summed E-state index contributed by atoms with van der Waals surface area (Å²) < 4.78 is 0. The minimum atomic E-state index is -0.371. The van der Waals surface area contributed by atoms with E-state index in [1.54, 1.807) is 6.08 Å². The van der Waals surface area contributed by atoms with E-state index in [1.165, 1.54) is 5.57 Å². The first-order valence-corrected chi connectivity index (χ1v) is 5.14. The quantitative estimate of drug-likeness (QED) is 0.627. The van der Waals surface area contributed by atoms with Gasteiger partial charge in [0.25, 0.3) is 0 Å². The van der Waals surface area contributed by atoms with Crippen molar-refractivity contribution in [2.75, 3.05) is 0 Å². The Balaban J connectivity index is 2.97. The van der Waals surface area contributed by atoms with Crippen molar-refractivity contribution in [2.24, 2.45) is 5.73 Å². The second kappa shape index (κ2) is 5.01. The Morgan fingerprint density at radius 3 is 2.86 bits per heavy atom. The van der Waals surface area contributed by atoms with Crippen molar-refractivity contribution in [3.63, 3.8) is 0 Å². The van der Waals surface area contributed by atoms with Crippen molar-refractivity contribution in [3.8, 4) is 0 Å². The summed E-state index contributed by atoms with van der Waals surface area (Å²) in [5.74, 6) is 0. The van der Waals surface area contributed by atoms with E-state index in [1.807, 2.05) is 6.92 Å². The van der Waals surface area contributed by atoms with Gasteiger partial charge in [0.15, 0.2) is 0 Å². The molecular weight excluding hydrogens is 174 g/mol. The monoisotopic (exact) mass is 193 g/mol. The van der Waals surface area contributed by atoms with Crippen LogP contribution >= 0.6 is 0 Å². The Morgan fingerprint density at radius 2 is 2.29 bits per heavy atom. The topological polar surface area (TPSA) is 46.2 Å². The summed E-state index contributed by atoms with van der Waals surface area (Å²) in [7, 11) is 0. The second-order valence-electron chi connectivity index (χ2n) is 3.75. The van der Waals surface area contributed by atoms with Crippen LogP contribution in [0, 0.1) is 0 Å². The summed E-state index contributed by atoms with van der Waals surface area (Å²) in [5, 5.41) is 9.89. The lowest BCUT2D eigenvalue weighted by atomic mass is 9.98. The fourth-order valence-electron chi connectivity index (χ4n) is 1.87. The van der Waals surface area contributed by atoms with E-state index < -0.39 is 0 Å². The molecule has 0 heterocycles. The standard InChI is InChI=1S/C12H19NO/c1-3-10-6-4-5-7-12(14)11(10)8-9(2)13/h3,8,12,14H,2,4-7,13H2,1H3/b10-3-,11-8?. The third-order valence-electron chi connectivity index (χ3n) is 2.59. The van der Waals surface area contributed by atoms with Gasteiger partial charge >= 0.3 is 0 Å². The maximum atomic E-state index is 9.89. The molecule has 78 valence electrons. The van der Waals surface area contributed by atoms with Gasteiger partial charge in [0.2, 0.25) is 0 Å². The van der Waals surface area contributed by atoms with Crippen molar-refractivity contribution < 1.29 is 5.11 Å². The zero-order valence-electron chi connectivity index (χ0n) is 8.79. The number of rotatable bonds is 1. The first-order valence-electron chi connectivity index (χ1n) is 5.14. The molecule has 1 saturated carbocycles. The normalized spacial score (nSPS) is 29.1. The molecule has 0 aromatic heterocycles. The number of hydrogen-bond acceptors (Lipinski definition) is 2. The predicted molar refractivity (Wildman–Crippen MR) is 59.6 cm³/mol. The average molecular weight is 193 g/mol. The van der Waals surface area contributed by atoms with Crippen LogP contribution < -0.4 is 5.73 Å². The van der Waals surface area contributed by atoms with Gasteiger partial charge in [-0.1, -0.05) is 19.1 Å². The molecule has 1 unspecified atom stereocenters. The lowest BCUT2D eigenvalue weighted by Crippen LogP contribution is -2.11. The maximum Gasteiger partial charge on any atom is 0.0793 e. The van der Waals surface area contributed by atoms with Gasteiger partial charge in [-0.05, 0) is 43.4 Å². The van der Waals surface area contributed by atoms with Gasteiger partial charge in [-0.2, -0.15) is 0 Å². The molecule has 3 N–H and O–H groups in total. The van der Waals surface area contributed by atoms with Crippen LogP contribution in [-0.2, 0) is 0 Å². The Morgan fingerprint density at radius 1 is 1.57 bits per heavy atom. The molecule has 0 aromatic carbocycles. The number of nitrogens with two attached hydrogens (primary N) is 1. The summed E-state index contributed by atoms with van der Waals surface area (Å²) in [4.78, 5) is 0. The van der Waals surface area contributed by atoms with E-state index in [2.05, 4.69) is 12.7 Å². The van der Waals surface area contributed by atoms with E-state index in [-0.39, 0.29) is 6.10 Å². The van der Waals surface area contributed by atoms with E-state index >= 15 is 0 Å². The lowest BCUT2D eigenvalue weighted by Gasteiger charge is -2.13. The Kier molecular flexibility index (Phi) is 3.96. The molecule has 0 bridgehead atoms. The first kappa shape index (κ1) is 11.1. The van der Waals surface area contributed by atoms with E-state index in [9.17, 15) is 5.11 Å². The van der Waals surface area contributed by atoms with Gasteiger partial charge in [-0.25, -0.2) is 0 Å². The summed E-state index contributed by atoms with van der Waals surface area (Å²) in [6, 6.07) is 0. The number of aliphatic hydroxyl groups is 1. The summed E-state index contributed by atoms with van der Waals surface area (Å²) in [5.41, 5.74) is 8.22. The number of aliphatic hydroxyl groups excluding tert-OH is 1. The van der Waals surface area contributed by atoms with Crippen molar-refractivity contribution in [1.82, 2.24) is 0 Å². The predicted octanol–water partition coefficient (Wildman–Crippen LogP) is 2.27. The highest BCUT2D eigenvalue weighted by Crippen LogP contribution is 2.28. The number of allylic oxidation sites excluding steroid dienone is 2. The van der Waals surface area contributed by atoms with E-state index in [0.717, 1.165) is 31.3 Å². The van der Waals surface area contributed by atoms with Crippen LogP contribution in [0.15, 0.2) is 35.6 Å². The van der Waals surface area contributed by atoms with Crippen LogP contribution in [0.4, 0.5) is 0 Å². The van der Waals surface area contributed by atoms with E-state index in [0.29, 0.717) is 5.70 Å². The highest BCUT2D eigenvalue weighted by Gasteiger charge is 2.17. The van der Waals surface area contributed by atoms with Gasteiger partial charge in [-0.15, -0.1) is 0 Å². The van der Waals surface area contributed by atoms with Gasteiger partial charge in [0.1, 0.15) is 0 Å². The fourth-order valence-corrected chi connectivity index (χ4v) is 1.87. The third-order valence-corrected chi connectivity index (χ3v) is 2.59. The lowest BCUT2D eigenvalue weighted by molar-refractivity contribution is 0.203. The maximum absolute atomic E-state index is 9.89. The van der Waals surface area contributed by atoms with Gasteiger partial charge in [-0.3, -0.25) is 0 Å². The molecular formula is C12H19NO. The molecule has 0 radical (unpaired) electrons. The van der Waals surface area contributed by atoms with Crippen LogP contribution in [0.25, 0.3) is 0 Å². The van der Waals surface area contributed by atoms with Crippen LogP contribution in [0.1, 0.15) is 32.6 Å². The van der Waals surface area contributed by atoms with Crippen LogP contribution in [-0.4, -0.2) is 11.2 Å². The van der Waals surface area contributed by atoms with E-state index in [4.69, 9.17) is 5.73 Å². The van der Waals surface area contributed by atoms with Crippen LogP contribution in [0.5, 0.6) is 0 Å². The molecule has 0 aromatic rings. The molecule has 2 nitrogen and oxygen atoms in total. The average Bonchev–Trinajstić information content (AvgIpc) is 2.29. The number of hydrogen-bond donors (Lipinski definition) is 2. The fraction of sp³-hybridized carbons (Fsp3) is 0.500. The van der Waals surface area contributed by atoms with Crippen molar-refractivity contribution in [1.29, 1.82) is 0 Å². The summed E-state index contributed by atoms with van der Waals surface area (Å²) in [6.07, 6.45) is 7.57. The minimum Gasteiger partial charge on any atom is -0.399 e. The molecule has 1 atom stereocenters. The third kappa shape index (κ3) is 2.74. The molecule has 2 heteroatoms. The van der Waals surface area contributed by atoms with Crippen LogP contribution in [0.2, 0.25) is 0 Å². The van der Waals surface area contributed by atoms with Crippen molar-refractivity contribution >= 4 is 0 Å². The van der Waals surface area contributed by atoms with Gasteiger partial charge in [0.05, 0.1) is 6.10 Å². The molecule has 14 heavy (non-hydrogen) atoms. The molecule has 1 fully saturated rings. The largest absolute Gasteiger partial charge is 0.399 e. The molecule has 1 aliphatic rings. The second-order valence-corrected chi connectivity index (χ2v) is 3.75. The smallest absolute Gasteiger partial charge is 0.0793 e. The summed E-state index contributed by atoms with van der Waals surface area (Å²) >= 11 is 0. The van der Waals surface area contributed by atoms with Crippen molar-refractivity contribution in [2.45, 2.75) is 38.7 Å². The summed E-state index contributed by atoms with van der Waals surface area (Å²) in [6.45, 7) is 5.65. The molecule has 1 rings (SSSR count). The molecule has 0 aliphatic heterocycles. The van der Waals surface area contributed by atoms with Gasteiger partial charge in [0, 0.05) is 5.70 Å². The minimum absolute atomic E-state index is 0.371. The Hall–Kier alpha value is -1.02. The zero-order valence-corrected chi connectivity index (χ0v) is 8.79. The first-order chi connectivity index (χ1) is 6.65. The highest BCUT2D eigenvalue weighted by molar-refractivity contribution is 5.38. The molecule has 0 spiro atoms. The molecule has 0 saturated heterocycles. The molecule has 1 aliphatic carbocycles. The Labute approximate surface area is 85.8 Å².